The lowest BCUT2D eigenvalue weighted by Gasteiger charge is -2.28. The number of hydrogen-bond donors (Lipinski definition) is 8. The summed E-state index contributed by atoms with van der Waals surface area (Å²) in [4.78, 5) is 77.3. The van der Waals surface area contributed by atoms with Gasteiger partial charge in [-0.3, -0.25) is 29.0 Å². The summed E-state index contributed by atoms with van der Waals surface area (Å²) < 4.78 is 0. The third-order valence-electron chi connectivity index (χ3n) is 5.70. The summed E-state index contributed by atoms with van der Waals surface area (Å²) >= 11 is 0. The zero-order valence-electron chi connectivity index (χ0n) is 20.4. The highest BCUT2D eigenvalue weighted by atomic mass is 16.4. The first kappa shape index (κ1) is 31.1. The lowest BCUT2D eigenvalue weighted by atomic mass is 10.1. The SMILES string of the molecule is NC(=O)CCC(N)C(=O)NC(CCCN=C(N)N)C(=O)NC(CCC(=O)O)C(=O)N1CCCC1C(=O)O. The summed E-state index contributed by atoms with van der Waals surface area (Å²) in [5, 5.41) is 23.4. The van der Waals surface area contributed by atoms with Gasteiger partial charge in [-0.1, -0.05) is 0 Å². The quantitative estimate of drug-likeness (QED) is 0.0553. The Bertz CT molecular complexity index is 892. The molecule has 0 radical (unpaired) electrons. The fourth-order valence-corrected chi connectivity index (χ4v) is 3.76. The van der Waals surface area contributed by atoms with Crippen molar-refractivity contribution in [2.45, 2.75) is 75.5 Å². The van der Waals surface area contributed by atoms with Crippen LogP contribution in [0.2, 0.25) is 0 Å². The number of rotatable bonds is 16. The van der Waals surface area contributed by atoms with Crippen LogP contribution < -0.4 is 33.6 Å². The number of carbonyl (C=O) groups excluding carboxylic acids is 4. The van der Waals surface area contributed by atoms with E-state index in [2.05, 4.69) is 15.6 Å². The molecule has 0 bridgehead atoms. The number of aliphatic carboxylic acids is 2. The molecule has 0 aromatic rings. The molecule has 1 saturated heterocycles. The van der Waals surface area contributed by atoms with E-state index < -0.39 is 66.2 Å². The molecule has 208 valence electrons. The lowest BCUT2D eigenvalue weighted by Crippen LogP contribution is -2.57. The van der Waals surface area contributed by atoms with Crippen molar-refractivity contribution < 1.29 is 39.0 Å². The van der Waals surface area contributed by atoms with Crippen molar-refractivity contribution in [3.8, 4) is 0 Å². The number of guanidine groups is 1. The Balaban J connectivity index is 3.04. The van der Waals surface area contributed by atoms with Crippen molar-refractivity contribution in [2.75, 3.05) is 13.1 Å². The fraction of sp³-hybridized carbons (Fsp3) is 0.667. The Morgan fingerprint density at radius 2 is 1.57 bits per heavy atom. The number of nitrogens with zero attached hydrogens (tertiary/aromatic N) is 2. The topological polar surface area (TPSA) is 287 Å². The van der Waals surface area contributed by atoms with Crippen molar-refractivity contribution in [3.05, 3.63) is 0 Å². The number of carboxylic acids is 2. The molecular weight excluding hydrogens is 492 g/mol. The largest absolute Gasteiger partial charge is 0.481 e. The Kier molecular flexibility index (Phi) is 12.8. The van der Waals surface area contributed by atoms with Crippen LogP contribution in [-0.2, 0) is 28.8 Å². The molecule has 1 aliphatic rings. The molecule has 0 spiro atoms. The van der Waals surface area contributed by atoms with Crippen LogP contribution in [0.1, 0.15) is 51.4 Å². The first-order valence-electron chi connectivity index (χ1n) is 11.8. The zero-order chi connectivity index (χ0) is 28.1. The Hall–Kier alpha value is -3.95. The maximum absolute atomic E-state index is 13.1. The number of amides is 4. The smallest absolute Gasteiger partial charge is 0.326 e. The number of nitrogens with two attached hydrogens (primary N) is 4. The summed E-state index contributed by atoms with van der Waals surface area (Å²) in [6.07, 6.45) is -0.0391. The number of likely N-dealkylation sites (tertiary alicyclic amines) is 1. The van der Waals surface area contributed by atoms with Crippen LogP contribution in [0.25, 0.3) is 0 Å². The van der Waals surface area contributed by atoms with E-state index in [-0.39, 0.29) is 57.6 Å². The molecule has 1 aliphatic heterocycles. The second-order valence-electron chi connectivity index (χ2n) is 8.64. The van der Waals surface area contributed by atoms with Crippen LogP contribution in [0, 0.1) is 0 Å². The predicted octanol–water partition coefficient (Wildman–Crippen LogP) is -3.46. The average Bonchev–Trinajstić information content (AvgIpc) is 3.31. The van der Waals surface area contributed by atoms with Crippen LogP contribution in [0.5, 0.6) is 0 Å². The number of primary amides is 1. The molecule has 4 amide bonds. The Morgan fingerprint density at radius 3 is 2.14 bits per heavy atom. The van der Waals surface area contributed by atoms with E-state index in [9.17, 15) is 33.9 Å². The van der Waals surface area contributed by atoms with Gasteiger partial charge in [0.1, 0.15) is 18.1 Å². The minimum Gasteiger partial charge on any atom is -0.481 e. The third kappa shape index (κ3) is 11.1. The number of hydrogen-bond acceptors (Lipinski definition) is 8. The second kappa shape index (κ2) is 15.2. The second-order valence-corrected chi connectivity index (χ2v) is 8.64. The van der Waals surface area contributed by atoms with E-state index >= 15 is 0 Å². The molecule has 1 fully saturated rings. The lowest BCUT2D eigenvalue weighted by molar-refractivity contribution is -0.150. The first-order chi connectivity index (χ1) is 17.3. The molecular formula is C21H36N8O8. The zero-order valence-corrected chi connectivity index (χ0v) is 20.4. The summed E-state index contributed by atoms with van der Waals surface area (Å²) in [5.41, 5.74) is 21.4. The van der Waals surface area contributed by atoms with Crippen molar-refractivity contribution in [1.29, 1.82) is 0 Å². The molecule has 16 nitrogen and oxygen atoms in total. The van der Waals surface area contributed by atoms with Gasteiger partial charge in [-0.05, 0) is 38.5 Å². The summed E-state index contributed by atoms with van der Waals surface area (Å²) in [7, 11) is 0. The third-order valence-corrected chi connectivity index (χ3v) is 5.70. The van der Waals surface area contributed by atoms with Crippen molar-refractivity contribution in [1.82, 2.24) is 15.5 Å². The van der Waals surface area contributed by atoms with E-state index in [1.807, 2.05) is 0 Å². The van der Waals surface area contributed by atoms with Gasteiger partial charge in [-0.2, -0.15) is 0 Å². The molecule has 1 rings (SSSR count). The van der Waals surface area contributed by atoms with Crippen LogP contribution in [-0.4, -0.2) is 93.9 Å². The standard InChI is InChI=1S/C21H36N8O8/c22-11(5-7-15(23)30)17(33)27-12(3-1-9-26-21(24)25)18(34)28-13(6-8-16(31)32)19(35)29-10-2-4-14(29)20(36)37/h11-14H,1-10,22H2,(H2,23,30)(H,27,33)(H,28,34)(H,31,32)(H,36,37)(H4,24,25,26). The maximum atomic E-state index is 13.1. The van der Waals surface area contributed by atoms with Gasteiger partial charge in [-0.15, -0.1) is 0 Å². The Labute approximate surface area is 213 Å². The number of carboxylic acid groups (broad SMARTS) is 2. The molecule has 1 heterocycles. The van der Waals surface area contributed by atoms with E-state index in [1.54, 1.807) is 0 Å². The van der Waals surface area contributed by atoms with E-state index in [0.29, 0.717) is 6.42 Å². The number of carbonyl (C=O) groups is 6. The van der Waals surface area contributed by atoms with Gasteiger partial charge in [0, 0.05) is 25.9 Å². The first-order valence-corrected chi connectivity index (χ1v) is 11.8. The molecule has 37 heavy (non-hydrogen) atoms. The molecule has 0 saturated carbocycles. The van der Waals surface area contributed by atoms with E-state index in [0.717, 1.165) is 4.90 Å². The molecule has 16 heteroatoms. The highest BCUT2D eigenvalue weighted by Gasteiger charge is 2.38. The van der Waals surface area contributed by atoms with Crippen LogP contribution in [0.4, 0.5) is 0 Å². The van der Waals surface area contributed by atoms with Gasteiger partial charge in [0.05, 0.1) is 6.04 Å². The molecule has 12 N–H and O–H groups in total. The molecule has 4 atom stereocenters. The normalized spacial score (nSPS) is 17.2. The van der Waals surface area contributed by atoms with Gasteiger partial charge in [0.25, 0.3) is 0 Å². The molecule has 0 aromatic carbocycles. The molecule has 4 unspecified atom stereocenters. The van der Waals surface area contributed by atoms with Gasteiger partial charge < -0.3 is 48.7 Å². The number of aliphatic imine (C=N–C) groups is 1. The Morgan fingerprint density at radius 1 is 0.919 bits per heavy atom. The van der Waals surface area contributed by atoms with Gasteiger partial charge in [-0.25, -0.2) is 4.79 Å². The maximum Gasteiger partial charge on any atom is 0.326 e. The fourth-order valence-electron chi connectivity index (χ4n) is 3.76. The van der Waals surface area contributed by atoms with Gasteiger partial charge >= 0.3 is 11.9 Å². The van der Waals surface area contributed by atoms with Crippen LogP contribution in [0.15, 0.2) is 4.99 Å². The van der Waals surface area contributed by atoms with Crippen LogP contribution in [0.3, 0.4) is 0 Å². The monoisotopic (exact) mass is 528 g/mol. The van der Waals surface area contributed by atoms with Gasteiger partial charge in [0.15, 0.2) is 5.96 Å². The van der Waals surface area contributed by atoms with E-state index in [4.69, 9.17) is 28.0 Å². The summed E-state index contributed by atoms with van der Waals surface area (Å²) in [6.45, 7) is 0.272. The van der Waals surface area contributed by atoms with Crippen molar-refractivity contribution in [2.24, 2.45) is 27.9 Å². The van der Waals surface area contributed by atoms with Crippen molar-refractivity contribution >= 4 is 41.5 Å². The van der Waals surface area contributed by atoms with E-state index in [1.165, 1.54) is 0 Å². The minimum atomic E-state index is -1.34. The summed E-state index contributed by atoms with van der Waals surface area (Å²) in [6, 6.07) is -4.79. The minimum absolute atomic E-state index is 0.0260. The number of nitrogens with one attached hydrogen (secondary N) is 2. The van der Waals surface area contributed by atoms with Crippen LogP contribution >= 0.6 is 0 Å². The van der Waals surface area contributed by atoms with Gasteiger partial charge in [0.2, 0.25) is 23.6 Å². The molecule has 0 aliphatic carbocycles. The highest BCUT2D eigenvalue weighted by Crippen LogP contribution is 2.20. The highest BCUT2D eigenvalue weighted by molar-refractivity contribution is 5.94. The van der Waals surface area contributed by atoms with Crippen molar-refractivity contribution in [3.63, 3.8) is 0 Å². The average molecular weight is 529 g/mol. The summed E-state index contributed by atoms with van der Waals surface area (Å²) in [5.74, 6) is -5.54. The predicted molar refractivity (Wildman–Crippen MR) is 129 cm³/mol. The molecule has 0 aromatic heterocycles.